The zero-order valence-electron chi connectivity index (χ0n) is 16.8. The Morgan fingerprint density at radius 2 is 1.33 bits per heavy atom. The molecular weight excluding hydrogens is 456 g/mol. The SMILES string of the molecule is C[N+]1(C)C2C=CC1CC(OC(=O)C(O)(c1ccc(F)cc1)c1ccc(F)cc1)C2.[Br-]. The average molecular weight is 480 g/mol. The van der Waals surface area contributed by atoms with Crippen molar-refractivity contribution in [3.8, 4) is 0 Å². The summed E-state index contributed by atoms with van der Waals surface area (Å²) in [4.78, 5) is 13.2. The van der Waals surface area contributed by atoms with E-state index in [2.05, 4.69) is 26.2 Å². The second kappa shape index (κ2) is 8.21. The highest BCUT2D eigenvalue weighted by Gasteiger charge is 2.49. The van der Waals surface area contributed by atoms with Crippen LogP contribution in [0.3, 0.4) is 0 Å². The Labute approximate surface area is 185 Å². The molecule has 160 valence electrons. The van der Waals surface area contributed by atoms with Crippen molar-refractivity contribution in [2.24, 2.45) is 0 Å². The van der Waals surface area contributed by atoms with Gasteiger partial charge in [-0.05, 0) is 47.5 Å². The lowest BCUT2D eigenvalue weighted by Gasteiger charge is -2.44. The zero-order valence-corrected chi connectivity index (χ0v) is 18.4. The van der Waals surface area contributed by atoms with Crippen LogP contribution in [-0.2, 0) is 15.1 Å². The van der Waals surface area contributed by atoms with Crippen molar-refractivity contribution >= 4 is 5.97 Å². The Bertz CT molecular complexity index is 880. The number of likely N-dealkylation sites (N-methyl/N-ethyl adjacent to an activating group) is 1. The number of halogens is 3. The molecule has 2 aromatic carbocycles. The normalized spacial score (nSPS) is 24.2. The van der Waals surface area contributed by atoms with Gasteiger partial charge in [-0.1, -0.05) is 24.3 Å². The molecule has 1 saturated heterocycles. The number of piperidine rings is 1. The fraction of sp³-hybridized carbons (Fsp3) is 0.348. The molecule has 0 radical (unpaired) electrons. The minimum Gasteiger partial charge on any atom is -1.00 e. The number of hydrogen-bond donors (Lipinski definition) is 1. The summed E-state index contributed by atoms with van der Waals surface area (Å²) in [7, 11) is 4.31. The standard InChI is InChI=1S/C23H24F2NO3.BrH/c1-26(2)19-11-12-20(26)14-21(13-19)29-22(27)23(28,15-3-7-17(24)8-4-15)16-5-9-18(25)10-6-16;/h3-12,19-21,28H,13-14H2,1-2H3;1H/q+1;/p-1. The van der Waals surface area contributed by atoms with Gasteiger partial charge in [-0.25, -0.2) is 13.6 Å². The van der Waals surface area contributed by atoms with Crippen molar-refractivity contribution in [2.45, 2.75) is 36.6 Å². The van der Waals surface area contributed by atoms with Crippen LogP contribution in [0.25, 0.3) is 0 Å². The van der Waals surface area contributed by atoms with Crippen LogP contribution in [0.1, 0.15) is 24.0 Å². The number of rotatable bonds is 4. The molecule has 2 aliphatic rings. The highest BCUT2D eigenvalue weighted by molar-refractivity contribution is 5.85. The van der Waals surface area contributed by atoms with E-state index in [4.69, 9.17) is 4.74 Å². The molecule has 2 unspecified atom stereocenters. The monoisotopic (exact) mass is 479 g/mol. The third kappa shape index (κ3) is 3.82. The number of fused-ring (bicyclic) bond motifs is 2. The van der Waals surface area contributed by atoms with Crippen molar-refractivity contribution in [1.29, 1.82) is 0 Å². The van der Waals surface area contributed by atoms with Crippen LogP contribution in [0, 0.1) is 11.6 Å². The first-order chi connectivity index (χ1) is 13.7. The molecule has 2 aromatic rings. The van der Waals surface area contributed by atoms with E-state index in [1.165, 1.54) is 48.5 Å². The van der Waals surface area contributed by atoms with E-state index in [0.29, 0.717) is 12.8 Å². The second-order valence-corrected chi connectivity index (χ2v) is 8.37. The summed E-state index contributed by atoms with van der Waals surface area (Å²) in [5.41, 5.74) is -1.82. The van der Waals surface area contributed by atoms with Gasteiger partial charge in [0, 0.05) is 12.8 Å². The molecule has 0 amide bonds. The lowest BCUT2D eigenvalue weighted by atomic mass is 9.86. The van der Waals surface area contributed by atoms with Gasteiger partial charge in [0.15, 0.2) is 0 Å². The van der Waals surface area contributed by atoms with Crippen molar-refractivity contribution in [3.05, 3.63) is 83.4 Å². The van der Waals surface area contributed by atoms with Gasteiger partial charge in [-0.3, -0.25) is 0 Å². The molecule has 30 heavy (non-hydrogen) atoms. The van der Waals surface area contributed by atoms with Crippen LogP contribution in [0.2, 0.25) is 0 Å². The first-order valence-electron chi connectivity index (χ1n) is 9.68. The van der Waals surface area contributed by atoms with E-state index >= 15 is 0 Å². The number of nitrogens with zero attached hydrogens (tertiary/aromatic N) is 1. The molecule has 0 saturated carbocycles. The molecular formula is C23H24BrF2NO3. The smallest absolute Gasteiger partial charge is 0.347 e. The van der Waals surface area contributed by atoms with Gasteiger partial charge in [0.2, 0.25) is 5.60 Å². The molecule has 0 aromatic heterocycles. The Morgan fingerprint density at radius 3 is 1.73 bits per heavy atom. The predicted octanol–water partition coefficient (Wildman–Crippen LogP) is 0.294. The topological polar surface area (TPSA) is 46.5 Å². The quantitative estimate of drug-likeness (QED) is 0.389. The largest absolute Gasteiger partial charge is 1.00 e. The molecule has 2 heterocycles. The van der Waals surface area contributed by atoms with Crippen LogP contribution >= 0.6 is 0 Å². The summed E-state index contributed by atoms with van der Waals surface area (Å²) in [6, 6.07) is 10.5. The third-order valence-electron chi connectivity index (χ3n) is 6.37. The highest BCUT2D eigenvalue weighted by Crippen LogP contribution is 2.38. The van der Waals surface area contributed by atoms with Crippen molar-refractivity contribution in [1.82, 2.24) is 0 Å². The number of esters is 1. The van der Waals surface area contributed by atoms with E-state index < -0.39 is 23.2 Å². The molecule has 2 aliphatic heterocycles. The number of hydrogen-bond acceptors (Lipinski definition) is 3. The molecule has 4 rings (SSSR count). The van der Waals surface area contributed by atoms with E-state index in [0.717, 1.165) is 4.48 Å². The third-order valence-corrected chi connectivity index (χ3v) is 6.37. The summed E-state index contributed by atoms with van der Waals surface area (Å²) < 4.78 is 33.4. The van der Waals surface area contributed by atoms with Gasteiger partial charge in [-0.2, -0.15) is 0 Å². The molecule has 1 fully saturated rings. The minimum atomic E-state index is -2.16. The number of ether oxygens (including phenoxy) is 1. The summed E-state index contributed by atoms with van der Waals surface area (Å²) in [5, 5.41) is 11.4. The average Bonchev–Trinajstić information content (AvgIpc) is 2.85. The van der Waals surface area contributed by atoms with E-state index in [1.807, 2.05) is 0 Å². The molecule has 0 spiro atoms. The molecule has 1 N–H and O–H groups in total. The van der Waals surface area contributed by atoms with E-state index in [-0.39, 0.29) is 46.3 Å². The first kappa shape index (κ1) is 22.6. The van der Waals surface area contributed by atoms with Crippen LogP contribution in [-0.4, -0.2) is 47.8 Å². The fourth-order valence-corrected chi connectivity index (χ4v) is 4.40. The van der Waals surface area contributed by atoms with Crippen LogP contribution in [0.4, 0.5) is 8.78 Å². The number of benzene rings is 2. The Hall–Kier alpha value is -2.09. The van der Waals surface area contributed by atoms with E-state index in [1.54, 1.807) is 0 Å². The van der Waals surface area contributed by atoms with Crippen molar-refractivity contribution < 1.29 is 44.9 Å². The fourth-order valence-electron chi connectivity index (χ4n) is 4.40. The van der Waals surface area contributed by atoms with Crippen molar-refractivity contribution in [3.63, 3.8) is 0 Å². The van der Waals surface area contributed by atoms with Gasteiger partial charge < -0.3 is 31.3 Å². The lowest BCUT2D eigenvalue weighted by molar-refractivity contribution is -0.926. The summed E-state index contributed by atoms with van der Waals surface area (Å²) in [6.45, 7) is 0. The van der Waals surface area contributed by atoms with Gasteiger partial charge in [0.1, 0.15) is 29.8 Å². The summed E-state index contributed by atoms with van der Waals surface area (Å²) in [5.74, 6) is -1.82. The number of quaternary nitrogens is 1. The van der Waals surface area contributed by atoms with Gasteiger partial charge in [0.05, 0.1) is 14.1 Å². The minimum absolute atomic E-state index is 0. The Kier molecular flexibility index (Phi) is 6.18. The maximum absolute atomic E-state index is 13.4. The molecule has 4 nitrogen and oxygen atoms in total. The lowest BCUT2D eigenvalue weighted by Crippen LogP contribution is -3.00. The Morgan fingerprint density at radius 1 is 0.933 bits per heavy atom. The molecule has 2 bridgehead atoms. The maximum atomic E-state index is 13.4. The van der Waals surface area contributed by atoms with Crippen molar-refractivity contribution in [2.75, 3.05) is 14.1 Å². The van der Waals surface area contributed by atoms with Crippen LogP contribution in [0.5, 0.6) is 0 Å². The van der Waals surface area contributed by atoms with Gasteiger partial charge in [0.25, 0.3) is 0 Å². The summed E-state index contributed by atoms with van der Waals surface area (Å²) >= 11 is 0. The van der Waals surface area contributed by atoms with Gasteiger partial charge in [-0.15, -0.1) is 0 Å². The maximum Gasteiger partial charge on any atom is 0.347 e. The highest BCUT2D eigenvalue weighted by atomic mass is 79.9. The van der Waals surface area contributed by atoms with Gasteiger partial charge >= 0.3 is 5.97 Å². The predicted molar refractivity (Wildman–Crippen MR) is 104 cm³/mol. The van der Waals surface area contributed by atoms with Crippen LogP contribution in [0.15, 0.2) is 60.7 Å². The molecule has 0 aliphatic carbocycles. The zero-order chi connectivity index (χ0) is 20.8. The molecule has 2 atom stereocenters. The Balaban J connectivity index is 0.00000256. The number of carbonyl (C=O) groups excluding carboxylic acids is 1. The molecule has 7 heteroatoms. The number of aliphatic hydroxyl groups is 1. The van der Waals surface area contributed by atoms with Crippen LogP contribution < -0.4 is 17.0 Å². The summed E-state index contributed by atoms with van der Waals surface area (Å²) in [6.07, 6.45) is 5.30. The first-order valence-corrected chi connectivity index (χ1v) is 9.68. The number of carbonyl (C=O) groups is 1. The second-order valence-electron chi connectivity index (χ2n) is 8.37. The van der Waals surface area contributed by atoms with E-state index in [9.17, 15) is 18.7 Å².